The van der Waals surface area contributed by atoms with Crippen LogP contribution < -0.4 is 0 Å². The largest absolute Gasteiger partial charge is 0.377 e. The normalized spacial score (nSPS) is 16.3. The summed E-state index contributed by atoms with van der Waals surface area (Å²) in [6.45, 7) is 12.1. The van der Waals surface area contributed by atoms with E-state index in [-0.39, 0.29) is 11.3 Å². The summed E-state index contributed by atoms with van der Waals surface area (Å²) in [7, 11) is 0. The molecule has 0 fully saturated rings. The summed E-state index contributed by atoms with van der Waals surface area (Å²) in [4.78, 5) is 0. The average molecular weight is 182 g/mol. The van der Waals surface area contributed by atoms with Crippen LogP contribution in [0.4, 0.5) is 0 Å². The van der Waals surface area contributed by atoms with Gasteiger partial charge in [0, 0.05) is 5.41 Å². The summed E-state index contributed by atoms with van der Waals surface area (Å²) >= 11 is 0. The van der Waals surface area contributed by atoms with Crippen molar-refractivity contribution in [2.45, 2.75) is 53.6 Å². The van der Waals surface area contributed by atoms with Crippen molar-refractivity contribution in [2.24, 2.45) is 11.3 Å². The van der Waals surface area contributed by atoms with Gasteiger partial charge in [0.05, 0.1) is 0 Å². The zero-order chi connectivity index (χ0) is 10.7. The first-order chi connectivity index (χ1) is 5.71. The van der Waals surface area contributed by atoms with Crippen molar-refractivity contribution in [1.82, 2.24) is 0 Å². The topological polar surface area (TPSA) is 20.2 Å². The molecule has 13 heavy (non-hydrogen) atoms. The second kappa shape index (κ2) is 4.15. The molecule has 1 atom stereocenters. The predicted octanol–water partition coefficient (Wildman–Crippen LogP) is 2.83. The highest BCUT2D eigenvalue weighted by molar-refractivity contribution is 5.18. The molecule has 0 aliphatic rings. The van der Waals surface area contributed by atoms with E-state index in [9.17, 15) is 5.11 Å². The van der Waals surface area contributed by atoms with Crippen LogP contribution in [0.25, 0.3) is 0 Å². The quantitative estimate of drug-likeness (QED) is 0.651. The molecule has 1 nitrogen and oxygen atoms in total. The van der Waals surface area contributed by atoms with Crippen LogP contribution in [-0.2, 0) is 0 Å². The summed E-state index contributed by atoms with van der Waals surface area (Å²) in [6, 6.07) is 0. The SMILES string of the molecule is CCC(O)(C#CC(C)(C)C)C(C)C. The maximum atomic E-state index is 10.1. The Bertz CT molecular complexity index is 212. The Hall–Kier alpha value is -0.480. The van der Waals surface area contributed by atoms with Gasteiger partial charge in [-0.15, -0.1) is 0 Å². The molecule has 0 radical (unpaired) electrons. The lowest BCUT2D eigenvalue weighted by atomic mass is 9.86. The first-order valence-corrected chi connectivity index (χ1v) is 4.98. The van der Waals surface area contributed by atoms with Crippen LogP contribution in [0, 0.1) is 23.2 Å². The van der Waals surface area contributed by atoms with Crippen molar-refractivity contribution in [3.8, 4) is 11.8 Å². The Kier molecular flexibility index (Phi) is 4.00. The van der Waals surface area contributed by atoms with Crippen LogP contribution in [0.5, 0.6) is 0 Å². The maximum absolute atomic E-state index is 10.1. The van der Waals surface area contributed by atoms with Gasteiger partial charge in [-0.25, -0.2) is 0 Å². The molecule has 76 valence electrons. The Morgan fingerprint density at radius 1 is 1.15 bits per heavy atom. The fourth-order valence-corrected chi connectivity index (χ4v) is 0.937. The van der Waals surface area contributed by atoms with Crippen LogP contribution in [-0.4, -0.2) is 10.7 Å². The van der Waals surface area contributed by atoms with Crippen LogP contribution >= 0.6 is 0 Å². The lowest BCUT2D eigenvalue weighted by Gasteiger charge is -2.25. The standard InChI is InChI=1S/C12H22O/c1-7-12(13,10(2)3)9-8-11(4,5)6/h10,13H,7H2,1-6H3. The number of hydrogen-bond acceptors (Lipinski definition) is 1. The fourth-order valence-electron chi connectivity index (χ4n) is 0.937. The van der Waals surface area contributed by atoms with Gasteiger partial charge in [-0.3, -0.25) is 0 Å². The third-order valence-electron chi connectivity index (χ3n) is 2.15. The highest BCUT2D eigenvalue weighted by Crippen LogP contribution is 2.21. The van der Waals surface area contributed by atoms with Gasteiger partial charge in [-0.2, -0.15) is 0 Å². The summed E-state index contributed by atoms with van der Waals surface area (Å²) in [5.74, 6) is 6.27. The summed E-state index contributed by atoms with van der Waals surface area (Å²) in [5, 5.41) is 10.1. The van der Waals surface area contributed by atoms with Crippen molar-refractivity contribution < 1.29 is 5.11 Å². The molecule has 0 aromatic heterocycles. The maximum Gasteiger partial charge on any atom is 0.127 e. The molecule has 0 saturated heterocycles. The number of rotatable bonds is 2. The van der Waals surface area contributed by atoms with Gasteiger partial charge >= 0.3 is 0 Å². The molecular formula is C12H22O. The molecule has 0 heterocycles. The van der Waals surface area contributed by atoms with Gasteiger partial charge in [-0.05, 0) is 33.1 Å². The molecular weight excluding hydrogens is 160 g/mol. The number of hydrogen-bond donors (Lipinski definition) is 1. The molecule has 0 aromatic carbocycles. The van der Waals surface area contributed by atoms with Crippen molar-refractivity contribution in [1.29, 1.82) is 0 Å². The van der Waals surface area contributed by atoms with E-state index < -0.39 is 5.60 Å². The van der Waals surface area contributed by atoms with Gasteiger partial charge in [0.25, 0.3) is 0 Å². The van der Waals surface area contributed by atoms with E-state index in [0.29, 0.717) is 6.42 Å². The Morgan fingerprint density at radius 2 is 1.62 bits per heavy atom. The fraction of sp³-hybridized carbons (Fsp3) is 0.833. The van der Waals surface area contributed by atoms with Gasteiger partial charge in [0.15, 0.2) is 0 Å². The van der Waals surface area contributed by atoms with Crippen molar-refractivity contribution in [3.63, 3.8) is 0 Å². The van der Waals surface area contributed by atoms with E-state index in [1.54, 1.807) is 0 Å². The van der Waals surface area contributed by atoms with E-state index >= 15 is 0 Å². The predicted molar refractivity (Wildman–Crippen MR) is 57.3 cm³/mol. The molecule has 0 spiro atoms. The van der Waals surface area contributed by atoms with E-state index in [1.165, 1.54) is 0 Å². The summed E-state index contributed by atoms with van der Waals surface area (Å²) < 4.78 is 0. The van der Waals surface area contributed by atoms with E-state index in [0.717, 1.165) is 0 Å². The van der Waals surface area contributed by atoms with Crippen molar-refractivity contribution in [2.75, 3.05) is 0 Å². The first kappa shape index (κ1) is 12.5. The van der Waals surface area contributed by atoms with Crippen LogP contribution in [0.15, 0.2) is 0 Å². The van der Waals surface area contributed by atoms with Crippen LogP contribution in [0.2, 0.25) is 0 Å². The molecule has 0 aliphatic heterocycles. The minimum atomic E-state index is -0.812. The molecule has 0 aromatic rings. The summed E-state index contributed by atoms with van der Waals surface area (Å²) in [6.07, 6.45) is 0.688. The molecule has 0 amide bonds. The van der Waals surface area contributed by atoms with Gasteiger partial charge < -0.3 is 5.11 Å². The molecule has 0 aliphatic carbocycles. The second-order valence-corrected chi connectivity index (χ2v) is 4.93. The minimum absolute atomic E-state index is 0.0297. The van der Waals surface area contributed by atoms with Gasteiger partial charge in [0.2, 0.25) is 0 Å². The van der Waals surface area contributed by atoms with Gasteiger partial charge in [0.1, 0.15) is 5.60 Å². The minimum Gasteiger partial charge on any atom is -0.377 e. The Morgan fingerprint density at radius 3 is 1.85 bits per heavy atom. The molecule has 1 unspecified atom stereocenters. The smallest absolute Gasteiger partial charge is 0.127 e. The lowest BCUT2D eigenvalue weighted by molar-refractivity contribution is 0.0492. The Labute approximate surface area is 82.5 Å². The monoisotopic (exact) mass is 182 g/mol. The van der Waals surface area contributed by atoms with Crippen molar-refractivity contribution in [3.05, 3.63) is 0 Å². The van der Waals surface area contributed by atoms with Crippen molar-refractivity contribution >= 4 is 0 Å². The van der Waals surface area contributed by atoms with E-state index in [2.05, 4.69) is 32.6 Å². The number of aliphatic hydroxyl groups is 1. The third-order valence-corrected chi connectivity index (χ3v) is 2.15. The zero-order valence-corrected chi connectivity index (χ0v) is 9.73. The van der Waals surface area contributed by atoms with Gasteiger partial charge in [-0.1, -0.05) is 32.6 Å². The average Bonchev–Trinajstić information content (AvgIpc) is 1.98. The van der Waals surface area contributed by atoms with E-state index in [1.807, 2.05) is 20.8 Å². The van der Waals surface area contributed by atoms with Crippen LogP contribution in [0.3, 0.4) is 0 Å². The highest BCUT2D eigenvalue weighted by atomic mass is 16.3. The lowest BCUT2D eigenvalue weighted by Crippen LogP contribution is -2.32. The molecule has 1 N–H and O–H groups in total. The molecule has 0 bridgehead atoms. The molecule has 0 rings (SSSR count). The first-order valence-electron chi connectivity index (χ1n) is 4.98. The zero-order valence-electron chi connectivity index (χ0n) is 9.73. The highest BCUT2D eigenvalue weighted by Gasteiger charge is 2.26. The van der Waals surface area contributed by atoms with Crippen LogP contribution in [0.1, 0.15) is 48.0 Å². The third kappa shape index (κ3) is 4.33. The Balaban J connectivity index is 4.69. The summed E-state index contributed by atoms with van der Waals surface area (Å²) in [5.41, 5.74) is -0.842. The molecule has 1 heteroatoms. The second-order valence-electron chi connectivity index (χ2n) is 4.93. The molecule has 0 saturated carbocycles. The van der Waals surface area contributed by atoms with E-state index in [4.69, 9.17) is 0 Å².